The van der Waals surface area contributed by atoms with Gasteiger partial charge in [0.25, 0.3) is 5.91 Å². The van der Waals surface area contributed by atoms with Crippen molar-refractivity contribution in [1.82, 2.24) is 9.59 Å². The number of anilines is 1. The van der Waals surface area contributed by atoms with Crippen LogP contribution in [-0.2, 0) is 6.18 Å². The lowest BCUT2D eigenvalue weighted by Crippen LogP contribution is -2.13. The predicted molar refractivity (Wildman–Crippen MR) is 87.6 cm³/mol. The maximum atomic E-state index is 12.8. The van der Waals surface area contributed by atoms with Crippen LogP contribution < -0.4 is 5.32 Å². The molecule has 0 bridgehead atoms. The topological polar surface area (TPSA) is 54.9 Å². The molecule has 0 fully saturated rings. The summed E-state index contributed by atoms with van der Waals surface area (Å²) in [6, 6.07) is 6.30. The quantitative estimate of drug-likeness (QED) is 0.670. The van der Waals surface area contributed by atoms with Crippen LogP contribution in [-0.4, -0.2) is 15.5 Å². The Morgan fingerprint density at radius 3 is 2.71 bits per heavy atom. The molecule has 3 aromatic rings. The Hall–Kier alpha value is -1.97. The molecule has 0 atom stereocenters. The van der Waals surface area contributed by atoms with Gasteiger partial charge in [0, 0.05) is 0 Å². The number of hydrogen-bond donors (Lipinski definition) is 1. The number of aromatic nitrogens is 2. The van der Waals surface area contributed by atoms with Crippen LogP contribution in [0.4, 0.5) is 18.9 Å². The predicted octanol–water partition coefficient (Wildman–Crippen LogP) is 5.19. The Kier molecular flexibility index (Phi) is 4.57. The molecular weight excluding hydrogens is 383 g/mol. The minimum absolute atomic E-state index is 0.00602. The first-order valence-corrected chi connectivity index (χ1v) is 8.43. The van der Waals surface area contributed by atoms with Gasteiger partial charge in [-0.15, -0.1) is 16.4 Å². The number of alkyl halides is 3. The normalized spacial score (nSPS) is 11.5. The third-order valence-corrected chi connectivity index (χ3v) is 4.92. The Morgan fingerprint density at radius 2 is 2.04 bits per heavy atom. The van der Waals surface area contributed by atoms with E-state index in [1.54, 1.807) is 12.1 Å². The fraction of sp³-hybridized carbons (Fsp3) is 0.0714. The monoisotopic (exact) mass is 389 g/mol. The van der Waals surface area contributed by atoms with Gasteiger partial charge in [-0.3, -0.25) is 4.79 Å². The molecule has 10 heteroatoms. The molecule has 0 saturated heterocycles. The molecule has 4 nitrogen and oxygen atoms in total. The number of thiophene rings is 1. The van der Waals surface area contributed by atoms with Crippen molar-refractivity contribution in [2.75, 3.05) is 5.32 Å². The SMILES string of the molecule is O=C(Nc1cc(C(F)(F)F)ccc1Cl)c1snnc1-c1cccs1. The third kappa shape index (κ3) is 3.42. The number of carbonyl (C=O) groups excluding carboxylic acids is 1. The summed E-state index contributed by atoms with van der Waals surface area (Å²) in [5.41, 5.74) is -0.638. The van der Waals surface area contributed by atoms with Crippen LogP contribution in [0.25, 0.3) is 10.6 Å². The second-order valence-electron chi connectivity index (χ2n) is 4.57. The summed E-state index contributed by atoms with van der Waals surface area (Å²) in [7, 11) is 0. The molecule has 0 aliphatic carbocycles. The van der Waals surface area contributed by atoms with Crippen LogP contribution in [0, 0.1) is 0 Å². The zero-order chi connectivity index (χ0) is 17.3. The summed E-state index contributed by atoms with van der Waals surface area (Å²) < 4.78 is 42.1. The molecule has 24 heavy (non-hydrogen) atoms. The van der Waals surface area contributed by atoms with Crippen LogP contribution in [0.15, 0.2) is 35.7 Å². The molecule has 0 aliphatic heterocycles. The van der Waals surface area contributed by atoms with Gasteiger partial charge < -0.3 is 5.32 Å². The van der Waals surface area contributed by atoms with E-state index in [4.69, 9.17) is 11.6 Å². The van der Waals surface area contributed by atoms with Gasteiger partial charge in [0.1, 0.15) is 10.6 Å². The number of nitrogens with one attached hydrogen (secondary N) is 1. The van der Waals surface area contributed by atoms with Gasteiger partial charge in [0.2, 0.25) is 0 Å². The van der Waals surface area contributed by atoms with Crippen LogP contribution in [0.1, 0.15) is 15.2 Å². The van der Waals surface area contributed by atoms with Crippen LogP contribution in [0.2, 0.25) is 5.02 Å². The van der Waals surface area contributed by atoms with Gasteiger partial charge >= 0.3 is 6.18 Å². The summed E-state index contributed by atoms with van der Waals surface area (Å²) in [5, 5.41) is 8.12. The molecule has 1 N–H and O–H groups in total. The Labute approximate surface area is 147 Å². The minimum atomic E-state index is -4.53. The van der Waals surface area contributed by atoms with Crippen molar-refractivity contribution in [2.24, 2.45) is 0 Å². The highest BCUT2D eigenvalue weighted by Gasteiger charge is 2.31. The summed E-state index contributed by atoms with van der Waals surface area (Å²) in [6.07, 6.45) is -4.53. The van der Waals surface area contributed by atoms with Crippen molar-refractivity contribution < 1.29 is 18.0 Å². The number of benzene rings is 1. The molecule has 0 unspecified atom stereocenters. The zero-order valence-electron chi connectivity index (χ0n) is 11.6. The van der Waals surface area contributed by atoms with E-state index in [2.05, 4.69) is 14.9 Å². The molecule has 0 aliphatic rings. The average Bonchev–Trinajstić information content (AvgIpc) is 3.18. The lowest BCUT2D eigenvalue weighted by molar-refractivity contribution is -0.137. The van der Waals surface area contributed by atoms with E-state index < -0.39 is 17.6 Å². The zero-order valence-corrected chi connectivity index (χ0v) is 14.0. The number of hydrogen-bond acceptors (Lipinski definition) is 5. The average molecular weight is 390 g/mol. The van der Waals surface area contributed by atoms with Crippen molar-refractivity contribution in [2.45, 2.75) is 6.18 Å². The molecule has 2 aromatic heterocycles. The van der Waals surface area contributed by atoms with Crippen LogP contribution in [0.3, 0.4) is 0 Å². The van der Waals surface area contributed by atoms with Crippen molar-refractivity contribution in [3.63, 3.8) is 0 Å². The maximum Gasteiger partial charge on any atom is 0.416 e. The molecule has 0 spiro atoms. The Bertz CT molecular complexity index is 878. The number of rotatable bonds is 3. The van der Waals surface area contributed by atoms with E-state index >= 15 is 0 Å². The van der Waals surface area contributed by atoms with Gasteiger partial charge in [-0.25, -0.2) is 0 Å². The van der Waals surface area contributed by atoms with E-state index in [1.165, 1.54) is 11.3 Å². The molecular formula is C14H7ClF3N3OS2. The minimum Gasteiger partial charge on any atom is -0.320 e. The lowest BCUT2D eigenvalue weighted by Gasteiger charge is -2.11. The van der Waals surface area contributed by atoms with Crippen molar-refractivity contribution in [1.29, 1.82) is 0 Å². The van der Waals surface area contributed by atoms with Crippen molar-refractivity contribution in [3.05, 3.63) is 51.2 Å². The molecule has 124 valence electrons. The van der Waals surface area contributed by atoms with Gasteiger partial charge in [0.15, 0.2) is 0 Å². The second-order valence-corrected chi connectivity index (χ2v) is 6.68. The Morgan fingerprint density at radius 1 is 1.25 bits per heavy atom. The first-order chi connectivity index (χ1) is 11.4. The number of carbonyl (C=O) groups is 1. The van der Waals surface area contributed by atoms with E-state index in [9.17, 15) is 18.0 Å². The highest BCUT2D eigenvalue weighted by atomic mass is 35.5. The second kappa shape index (κ2) is 6.50. The van der Waals surface area contributed by atoms with Crippen molar-refractivity contribution in [3.8, 4) is 10.6 Å². The van der Waals surface area contributed by atoms with E-state index in [0.29, 0.717) is 5.69 Å². The van der Waals surface area contributed by atoms with Gasteiger partial charge in [-0.1, -0.05) is 22.2 Å². The molecule has 1 amide bonds. The highest BCUT2D eigenvalue weighted by molar-refractivity contribution is 7.14. The summed E-state index contributed by atoms with van der Waals surface area (Å²) in [5.74, 6) is -0.616. The fourth-order valence-electron chi connectivity index (χ4n) is 1.89. The molecule has 0 saturated carbocycles. The van der Waals surface area contributed by atoms with Crippen LogP contribution in [0.5, 0.6) is 0 Å². The van der Waals surface area contributed by atoms with Crippen LogP contribution >= 0.6 is 34.5 Å². The smallest absolute Gasteiger partial charge is 0.320 e. The Balaban J connectivity index is 1.90. The van der Waals surface area contributed by atoms with Gasteiger partial charge in [-0.05, 0) is 41.2 Å². The largest absolute Gasteiger partial charge is 0.416 e. The van der Waals surface area contributed by atoms with E-state index in [0.717, 1.165) is 34.6 Å². The lowest BCUT2D eigenvalue weighted by atomic mass is 10.2. The van der Waals surface area contributed by atoms with E-state index in [-0.39, 0.29) is 15.6 Å². The summed E-state index contributed by atoms with van der Waals surface area (Å²) >= 11 is 8.12. The standard InChI is InChI=1S/C14H7ClF3N3OS2/c15-8-4-3-7(14(16,17)18)6-9(8)19-13(22)12-11(20-21-24-12)10-2-1-5-23-10/h1-6H,(H,19,22). The van der Waals surface area contributed by atoms with Gasteiger partial charge in [-0.2, -0.15) is 13.2 Å². The first kappa shape index (κ1) is 16.9. The van der Waals surface area contributed by atoms with Crippen molar-refractivity contribution >= 4 is 46.1 Å². The molecule has 1 aromatic carbocycles. The first-order valence-electron chi connectivity index (χ1n) is 6.40. The van der Waals surface area contributed by atoms with Gasteiger partial charge in [0.05, 0.1) is 21.2 Å². The number of amides is 1. The van der Waals surface area contributed by atoms with E-state index in [1.807, 2.05) is 5.38 Å². The molecule has 0 radical (unpaired) electrons. The summed E-state index contributed by atoms with van der Waals surface area (Å²) in [4.78, 5) is 13.3. The fourth-order valence-corrected chi connectivity index (χ4v) is 3.41. The number of nitrogens with zero attached hydrogens (tertiary/aromatic N) is 2. The maximum absolute atomic E-state index is 12.8. The summed E-state index contributed by atoms with van der Waals surface area (Å²) in [6.45, 7) is 0. The number of halogens is 4. The highest BCUT2D eigenvalue weighted by Crippen LogP contribution is 2.34. The third-order valence-electron chi connectivity index (χ3n) is 2.99. The molecule has 2 heterocycles. The molecule has 3 rings (SSSR count).